The summed E-state index contributed by atoms with van der Waals surface area (Å²) in [6, 6.07) is 10.2. The average molecular weight is 473 g/mol. The largest absolute Gasteiger partial charge is 0.507 e. The van der Waals surface area contributed by atoms with E-state index in [2.05, 4.69) is 4.90 Å². The topological polar surface area (TPSA) is 99.5 Å². The maximum Gasteiger partial charge on any atom is 0.295 e. The van der Waals surface area contributed by atoms with Crippen molar-refractivity contribution in [3.05, 3.63) is 64.2 Å². The zero-order chi connectivity index (χ0) is 23.5. The second-order valence-corrected chi connectivity index (χ2v) is 8.32. The van der Waals surface area contributed by atoms with Gasteiger partial charge in [-0.1, -0.05) is 17.7 Å². The van der Waals surface area contributed by atoms with Gasteiger partial charge < -0.3 is 24.6 Å². The number of morpholine rings is 1. The lowest BCUT2D eigenvalue weighted by molar-refractivity contribution is -0.140. The van der Waals surface area contributed by atoms with E-state index in [1.807, 2.05) is 0 Å². The zero-order valence-electron chi connectivity index (χ0n) is 18.2. The first kappa shape index (κ1) is 23.1. The fraction of sp³-hybridized carbons (Fsp3) is 0.333. The van der Waals surface area contributed by atoms with Gasteiger partial charge in [-0.05, 0) is 42.0 Å². The van der Waals surface area contributed by atoms with Gasteiger partial charge in [-0.25, -0.2) is 0 Å². The van der Waals surface area contributed by atoms with Crippen LogP contribution in [-0.2, 0) is 14.3 Å². The number of ether oxygens (including phenoxy) is 2. The fourth-order valence-electron chi connectivity index (χ4n) is 4.16. The average Bonchev–Trinajstić information content (AvgIpc) is 3.08. The van der Waals surface area contributed by atoms with Crippen LogP contribution < -0.4 is 4.74 Å². The van der Waals surface area contributed by atoms with Gasteiger partial charge in [0.1, 0.15) is 5.76 Å². The Hall–Kier alpha value is -3.07. The number of carbonyl (C=O) groups excluding carboxylic acids is 2. The van der Waals surface area contributed by atoms with Crippen molar-refractivity contribution in [2.45, 2.75) is 6.04 Å². The van der Waals surface area contributed by atoms with Gasteiger partial charge in [-0.2, -0.15) is 0 Å². The van der Waals surface area contributed by atoms with Gasteiger partial charge in [-0.15, -0.1) is 0 Å². The van der Waals surface area contributed by atoms with Gasteiger partial charge >= 0.3 is 0 Å². The smallest absolute Gasteiger partial charge is 0.295 e. The summed E-state index contributed by atoms with van der Waals surface area (Å²) in [6.45, 7) is 3.57. The Morgan fingerprint density at radius 1 is 1.12 bits per heavy atom. The first-order valence-corrected chi connectivity index (χ1v) is 11.0. The SMILES string of the molecule is COc1cc(C2/C(=C(/O)c3ccc(Cl)cc3)C(=O)C(=O)N2CCN2CCOCC2)ccc1O. The van der Waals surface area contributed by atoms with Crippen LogP contribution in [0.15, 0.2) is 48.0 Å². The van der Waals surface area contributed by atoms with E-state index < -0.39 is 17.7 Å². The number of aliphatic hydroxyl groups is 1. The molecule has 2 aliphatic rings. The molecule has 1 unspecified atom stereocenters. The summed E-state index contributed by atoms with van der Waals surface area (Å²) >= 11 is 5.96. The zero-order valence-corrected chi connectivity index (χ0v) is 18.9. The van der Waals surface area contributed by atoms with Gasteiger partial charge in [0.25, 0.3) is 11.7 Å². The maximum atomic E-state index is 13.1. The molecule has 33 heavy (non-hydrogen) atoms. The highest BCUT2D eigenvalue weighted by atomic mass is 35.5. The Kier molecular flexibility index (Phi) is 6.88. The van der Waals surface area contributed by atoms with Crippen LogP contribution in [0.4, 0.5) is 0 Å². The van der Waals surface area contributed by atoms with Crippen molar-refractivity contribution in [2.24, 2.45) is 0 Å². The Morgan fingerprint density at radius 3 is 2.48 bits per heavy atom. The Balaban J connectivity index is 1.76. The van der Waals surface area contributed by atoms with Crippen LogP contribution >= 0.6 is 11.6 Å². The molecule has 2 N–H and O–H groups in total. The van der Waals surface area contributed by atoms with Gasteiger partial charge in [0.05, 0.1) is 31.9 Å². The normalized spacial score (nSPS) is 20.9. The number of rotatable bonds is 6. The summed E-state index contributed by atoms with van der Waals surface area (Å²) < 4.78 is 10.6. The molecule has 8 nitrogen and oxygen atoms in total. The van der Waals surface area contributed by atoms with Crippen molar-refractivity contribution in [3.63, 3.8) is 0 Å². The number of hydrogen-bond acceptors (Lipinski definition) is 7. The van der Waals surface area contributed by atoms with E-state index in [0.717, 1.165) is 13.1 Å². The third kappa shape index (κ3) is 4.68. The monoisotopic (exact) mass is 472 g/mol. The number of amides is 1. The molecule has 0 aromatic heterocycles. The Morgan fingerprint density at radius 2 is 1.82 bits per heavy atom. The molecular formula is C24H25ClN2O6. The summed E-state index contributed by atoms with van der Waals surface area (Å²) in [5, 5.41) is 21.6. The Bertz CT molecular complexity index is 1080. The van der Waals surface area contributed by atoms with Crippen LogP contribution in [0.3, 0.4) is 0 Å². The van der Waals surface area contributed by atoms with Crippen molar-refractivity contribution in [3.8, 4) is 11.5 Å². The van der Waals surface area contributed by atoms with Crippen molar-refractivity contribution in [1.82, 2.24) is 9.80 Å². The molecule has 2 heterocycles. The predicted molar refractivity (Wildman–Crippen MR) is 122 cm³/mol. The van der Waals surface area contributed by atoms with E-state index in [9.17, 15) is 19.8 Å². The molecule has 2 fully saturated rings. The number of halogens is 1. The van der Waals surface area contributed by atoms with Crippen LogP contribution in [0.5, 0.6) is 11.5 Å². The number of benzene rings is 2. The minimum Gasteiger partial charge on any atom is -0.507 e. The van der Waals surface area contributed by atoms with E-state index >= 15 is 0 Å². The number of phenols is 1. The molecule has 0 aliphatic carbocycles. The quantitative estimate of drug-likeness (QED) is 0.379. The van der Waals surface area contributed by atoms with Gasteiger partial charge in [0.15, 0.2) is 11.5 Å². The minimum atomic E-state index is -0.837. The number of aromatic hydroxyl groups is 1. The first-order chi connectivity index (χ1) is 15.9. The number of ketones is 1. The number of Topliss-reactive ketones (excluding diaryl/α,β-unsaturated/α-hetero) is 1. The molecule has 0 spiro atoms. The Labute approximate surface area is 196 Å². The van der Waals surface area contributed by atoms with E-state index in [-0.39, 0.29) is 29.4 Å². The van der Waals surface area contributed by atoms with Crippen molar-refractivity contribution in [1.29, 1.82) is 0 Å². The van der Waals surface area contributed by atoms with E-state index in [1.54, 1.807) is 36.4 Å². The second-order valence-electron chi connectivity index (χ2n) is 7.88. The standard InChI is InChI=1S/C24H25ClN2O6/c1-32-19-14-16(4-7-18(19)28)21-20(22(29)15-2-5-17(25)6-3-15)23(30)24(31)27(21)9-8-26-10-12-33-13-11-26/h2-7,14,21,28-29H,8-13H2,1H3/b22-20-. The molecule has 2 saturated heterocycles. The van der Waals surface area contributed by atoms with Crippen LogP contribution in [-0.4, -0.2) is 78.2 Å². The summed E-state index contributed by atoms with van der Waals surface area (Å²) in [7, 11) is 1.42. The second kappa shape index (κ2) is 9.82. The van der Waals surface area contributed by atoms with E-state index in [0.29, 0.717) is 35.9 Å². The highest BCUT2D eigenvalue weighted by Crippen LogP contribution is 2.41. The van der Waals surface area contributed by atoms with Crippen LogP contribution in [0.2, 0.25) is 5.02 Å². The lowest BCUT2D eigenvalue weighted by Gasteiger charge is -2.31. The molecular weight excluding hydrogens is 448 g/mol. The molecule has 2 aromatic carbocycles. The van der Waals surface area contributed by atoms with Gasteiger partial charge in [-0.3, -0.25) is 14.5 Å². The maximum absolute atomic E-state index is 13.1. The number of nitrogens with zero attached hydrogens (tertiary/aromatic N) is 2. The molecule has 0 radical (unpaired) electrons. The summed E-state index contributed by atoms with van der Waals surface area (Å²) in [4.78, 5) is 29.8. The third-order valence-corrected chi connectivity index (χ3v) is 6.19. The molecule has 4 rings (SSSR count). The van der Waals surface area contributed by atoms with E-state index in [4.69, 9.17) is 21.1 Å². The highest BCUT2D eigenvalue weighted by molar-refractivity contribution is 6.46. The van der Waals surface area contributed by atoms with Crippen molar-refractivity contribution < 1.29 is 29.3 Å². The highest BCUT2D eigenvalue weighted by Gasteiger charge is 2.46. The van der Waals surface area contributed by atoms with Crippen LogP contribution in [0.25, 0.3) is 5.76 Å². The molecule has 2 aromatic rings. The molecule has 174 valence electrons. The predicted octanol–water partition coefficient (Wildman–Crippen LogP) is 2.81. The van der Waals surface area contributed by atoms with E-state index in [1.165, 1.54) is 18.1 Å². The minimum absolute atomic E-state index is 0.0166. The summed E-state index contributed by atoms with van der Waals surface area (Å²) in [5.74, 6) is -1.59. The molecule has 1 amide bonds. The lowest BCUT2D eigenvalue weighted by atomic mass is 9.95. The van der Waals surface area contributed by atoms with Gasteiger partial charge in [0.2, 0.25) is 0 Å². The van der Waals surface area contributed by atoms with Crippen LogP contribution in [0, 0.1) is 0 Å². The first-order valence-electron chi connectivity index (χ1n) is 10.6. The van der Waals surface area contributed by atoms with Crippen LogP contribution in [0.1, 0.15) is 17.2 Å². The van der Waals surface area contributed by atoms with Crippen molar-refractivity contribution >= 4 is 29.1 Å². The number of phenolic OH excluding ortho intramolecular Hbond substituents is 1. The fourth-order valence-corrected chi connectivity index (χ4v) is 4.28. The number of likely N-dealkylation sites (tertiary alicyclic amines) is 1. The summed E-state index contributed by atoms with van der Waals surface area (Å²) in [5.41, 5.74) is 0.903. The summed E-state index contributed by atoms with van der Waals surface area (Å²) in [6.07, 6.45) is 0. The number of aliphatic hydroxyl groups excluding tert-OH is 1. The molecule has 9 heteroatoms. The molecule has 0 bridgehead atoms. The lowest BCUT2D eigenvalue weighted by Crippen LogP contribution is -2.42. The number of carbonyl (C=O) groups is 2. The third-order valence-electron chi connectivity index (χ3n) is 5.94. The number of methoxy groups -OCH3 is 1. The van der Waals surface area contributed by atoms with Gasteiger partial charge in [0, 0.05) is 36.8 Å². The number of hydrogen-bond donors (Lipinski definition) is 2. The molecule has 0 saturated carbocycles. The molecule has 1 atom stereocenters. The van der Waals surface area contributed by atoms with Crippen molar-refractivity contribution in [2.75, 3.05) is 46.5 Å². The molecule has 2 aliphatic heterocycles.